The number of hydrogen-bond acceptors (Lipinski definition) is 10. The highest BCUT2D eigenvalue weighted by molar-refractivity contribution is 5.91. The Morgan fingerprint density at radius 3 is 1.71 bits per heavy atom. The van der Waals surface area contributed by atoms with E-state index in [0.29, 0.717) is 12.2 Å². The SMILES string of the molecule is Cc1cc2c(cc1Cc1ccc(C(=O)NC3OC(COC(=O)C(C)(C)C)C(OC(=O)C(C)(C)C)C(NC(=O)C(C)(C)C)C3OC(=O)C(C)(C)C)o1)C(C)(C)CCC2(C)C. The minimum atomic E-state index is -1.43. The molecule has 0 spiro atoms. The molecule has 1 fully saturated rings. The van der Waals surface area contributed by atoms with Gasteiger partial charge in [-0.15, -0.1) is 0 Å². The third-order valence-corrected chi connectivity index (χ3v) is 11.2. The molecule has 0 bridgehead atoms. The van der Waals surface area contributed by atoms with Crippen LogP contribution < -0.4 is 10.6 Å². The van der Waals surface area contributed by atoms with Crippen molar-refractivity contribution in [2.45, 2.75) is 178 Å². The number of carbonyl (C=O) groups excluding carboxylic acids is 5. The third-order valence-electron chi connectivity index (χ3n) is 11.2. The molecule has 59 heavy (non-hydrogen) atoms. The van der Waals surface area contributed by atoms with Gasteiger partial charge < -0.3 is 34.0 Å². The first-order chi connectivity index (χ1) is 26.7. The summed E-state index contributed by atoms with van der Waals surface area (Å²) in [6.45, 7) is 31.0. The molecule has 2 aliphatic rings. The summed E-state index contributed by atoms with van der Waals surface area (Å²) in [5, 5.41) is 5.76. The Morgan fingerprint density at radius 2 is 1.20 bits per heavy atom. The van der Waals surface area contributed by atoms with E-state index in [4.69, 9.17) is 23.4 Å². The second-order valence-electron chi connectivity index (χ2n) is 21.9. The lowest BCUT2D eigenvalue weighted by Crippen LogP contribution is -2.70. The predicted molar refractivity (Wildman–Crippen MR) is 225 cm³/mol. The summed E-state index contributed by atoms with van der Waals surface area (Å²) in [6.07, 6.45) is -2.74. The van der Waals surface area contributed by atoms with Crippen LogP contribution in [0.3, 0.4) is 0 Å². The Morgan fingerprint density at radius 1 is 0.695 bits per heavy atom. The molecule has 1 aromatic carbocycles. The Balaban J connectivity index is 1.75. The highest BCUT2D eigenvalue weighted by Crippen LogP contribution is 2.47. The highest BCUT2D eigenvalue weighted by Gasteiger charge is 2.54. The van der Waals surface area contributed by atoms with Gasteiger partial charge in [0.15, 0.2) is 24.2 Å². The van der Waals surface area contributed by atoms with Crippen LogP contribution in [0.2, 0.25) is 0 Å². The zero-order valence-corrected chi connectivity index (χ0v) is 38.6. The first kappa shape index (κ1) is 47.5. The van der Waals surface area contributed by atoms with Crippen molar-refractivity contribution < 1.29 is 47.3 Å². The second-order valence-corrected chi connectivity index (χ2v) is 21.9. The summed E-state index contributed by atoms with van der Waals surface area (Å²) in [4.78, 5) is 68.1. The van der Waals surface area contributed by atoms with E-state index in [2.05, 4.69) is 57.4 Å². The molecule has 2 heterocycles. The van der Waals surface area contributed by atoms with Gasteiger partial charge >= 0.3 is 17.9 Å². The summed E-state index contributed by atoms with van der Waals surface area (Å²) in [5.74, 6) is -2.43. The monoisotopic (exact) mass is 823 g/mol. The van der Waals surface area contributed by atoms with Crippen molar-refractivity contribution in [3.05, 3.63) is 58.0 Å². The smallest absolute Gasteiger partial charge is 0.311 e. The number of esters is 3. The van der Waals surface area contributed by atoms with Gasteiger partial charge in [-0.2, -0.15) is 0 Å². The molecule has 328 valence electrons. The molecule has 2 amide bonds. The van der Waals surface area contributed by atoms with Crippen molar-refractivity contribution in [2.75, 3.05) is 6.61 Å². The number of amides is 2. The fourth-order valence-corrected chi connectivity index (χ4v) is 6.93. The lowest BCUT2D eigenvalue weighted by atomic mass is 9.62. The minimum Gasteiger partial charge on any atom is -0.462 e. The summed E-state index contributed by atoms with van der Waals surface area (Å²) in [5.41, 5.74) is 1.19. The van der Waals surface area contributed by atoms with Gasteiger partial charge in [0.2, 0.25) is 5.91 Å². The maximum absolute atomic E-state index is 14.1. The van der Waals surface area contributed by atoms with Gasteiger partial charge in [0, 0.05) is 11.8 Å². The van der Waals surface area contributed by atoms with Crippen LogP contribution in [0.4, 0.5) is 0 Å². The van der Waals surface area contributed by atoms with Crippen molar-refractivity contribution in [2.24, 2.45) is 21.7 Å². The van der Waals surface area contributed by atoms with E-state index in [1.54, 1.807) is 95.2 Å². The molecule has 1 aliphatic heterocycles. The van der Waals surface area contributed by atoms with Gasteiger partial charge in [0.1, 0.15) is 24.5 Å². The van der Waals surface area contributed by atoms with E-state index in [-0.39, 0.29) is 16.6 Å². The number of hydrogen-bond donors (Lipinski definition) is 2. The fraction of sp³-hybridized carbons (Fsp3) is 0.681. The Hall–Kier alpha value is -4.19. The first-order valence-corrected chi connectivity index (χ1v) is 20.8. The molecule has 1 saturated heterocycles. The number of nitrogens with one attached hydrogen (secondary N) is 2. The molecule has 2 N–H and O–H groups in total. The lowest BCUT2D eigenvalue weighted by Gasteiger charge is -2.47. The number of fused-ring (bicyclic) bond motifs is 1. The largest absolute Gasteiger partial charge is 0.462 e. The molecule has 1 aliphatic carbocycles. The standard InChI is InChI=1S/C47H70N2O10/c1-26-22-29-30(47(16,17)21-20-46(29,14)15)24-27(26)23-28-18-19-31(56-28)36(50)49-37-35(59-41(54)45(11,12)13)33(48-38(51)42(2,3)4)34(58-40(53)44(8,9)10)32(57-37)25-55-39(52)43(5,6)7/h18-19,22,24,32-35,37H,20-21,23,25H2,1-17H3,(H,48,51)(H,49,50). The van der Waals surface area contributed by atoms with E-state index in [1.165, 1.54) is 11.1 Å². The van der Waals surface area contributed by atoms with Gasteiger partial charge in [0.05, 0.1) is 16.2 Å². The van der Waals surface area contributed by atoms with Crippen LogP contribution in [0.15, 0.2) is 28.7 Å². The average Bonchev–Trinajstić information content (AvgIpc) is 3.55. The maximum atomic E-state index is 14.1. The van der Waals surface area contributed by atoms with Crippen LogP contribution in [0, 0.1) is 28.6 Å². The molecule has 12 nitrogen and oxygen atoms in total. The molecule has 1 aromatic heterocycles. The quantitative estimate of drug-likeness (QED) is 0.187. The maximum Gasteiger partial charge on any atom is 0.311 e. The molecule has 0 radical (unpaired) electrons. The molecule has 12 heteroatoms. The van der Waals surface area contributed by atoms with E-state index < -0.39 is 88.6 Å². The van der Waals surface area contributed by atoms with Crippen LogP contribution >= 0.6 is 0 Å². The molecule has 2 aromatic rings. The first-order valence-electron chi connectivity index (χ1n) is 20.8. The van der Waals surface area contributed by atoms with Crippen LogP contribution in [-0.2, 0) is 55.4 Å². The van der Waals surface area contributed by atoms with E-state index >= 15 is 0 Å². The zero-order valence-electron chi connectivity index (χ0n) is 38.6. The Labute approximate surface area is 351 Å². The van der Waals surface area contributed by atoms with Crippen LogP contribution in [0.25, 0.3) is 0 Å². The number of benzene rings is 1. The molecule has 4 rings (SSSR count). The molecule has 0 saturated carbocycles. The summed E-state index contributed by atoms with van der Waals surface area (Å²) in [6, 6.07) is 6.63. The minimum absolute atomic E-state index is 0.0196. The van der Waals surface area contributed by atoms with E-state index in [1.807, 2.05) is 0 Å². The molecular formula is C47H70N2O10. The van der Waals surface area contributed by atoms with Crippen LogP contribution in [0.5, 0.6) is 0 Å². The number of carbonyl (C=O) groups is 5. The number of ether oxygens (including phenoxy) is 4. The van der Waals surface area contributed by atoms with Crippen molar-refractivity contribution in [3.8, 4) is 0 Å². The molecule has 5 atom stereocenters. The Kier molecular flexibility index (Phi) is 13.4. The van der Waals surface area contributed by atoms with Crippen LogP contribution in [-0.4, -0.2) is 66.9 Å². The lowest BCUT2D eigenvalue weighted by molar-refractivity contribution is -0.232. The number of rotatable bonds is 9. The molecule has 5 unspecified atom stereocenters. The highest BCUT2D eigenvalue weighted by atomic mass is 16.6. The van der Waals surface area contributed by atoms with Gasteiger partial charge in [-0.05, 0) is 127 Å². The second kappa shape index (κ2) is 16.7. The average molecular weight is 823 g/mol. The van der Waals surface area contributed by atoms with Crippen molar-refractivity contribution in [3.63, 3.8) is 0 Å². The van der Waals surface area contributed by atoms with E-state index in [9.17, 15) is 24.0 Å². The fourth-order valence-electron chi connectivity index (χ4n) is 6.93. The number of aryl methyl sites for hydroxylation is 1. The topological polar surface area (TPSA) is 159 Å². The summed E-state index contributed by atoms with van der Waals surface area (Å²) < 4.78 is 30.5. The van der Waals surface area contributed by atoms with Crippen molar-refractivity contribution >= 4 is 29.7 Å². The predicted octanol–water partition coefficient (Wildman–Crippen LogP) is 8.02. The Bertz CT molecular complexity index is 1910. The third kappa shape index (κ3) is 11.3. The number of furan rings is 1. The van der Waals surface area contributed by atoms with Gasteiger partial charge in [-0.1, -0.05) is 60.6 Å². The van der Waals surface area contributed by atoms with Gasteiger partial charge in [-0.3, -0.25) is 24.0 Å². The van der Waals surface area contributed by atoms with Crippen molar-refractivity contribution in [1.29, 1.82) is 0 Å². The van der Waals surface area contributed by atoms with Crippen LogP contribution in [0.1, 0.15) is 162 Å². The zero-order chi connectivity index (χ0) is 44.8. The summed E-state index contributed by atoms with van der Waals surface area (Å²) >= 11 is 0. The normalized spacial score (nSPS) is 23.0. The van der Waals surface area contributed by atoms with E-state index in [0.717, 1.165) is 24.0 Å². The van der Waals surface area contributed by atoms with Crippen molar-refractivity contribution in [1.82, 2.24) is 10.6 Å². The summed E-state index contributed by atoms with van der Waals surface area (Å²) in [7, 11) is 0. The van der Waals surface area contributed by atoms with Gasteiger partial charge in [0.25, 0.3) is 5.91 Å². The molecular weight excluding hydrogens is 753 g/mol. The van der Waals surface area contributed by atoms with Gasteiger partial charge in [-0.25, -0.2) is 0 Å².